The molecule has 164 valence electrons. The third-order valence-corrected chi connectivity index (χ3v) is 6.90. The first-order valence-electron chi connectivity index (χ1n) is 10.6. The highest BCUT2D eigenvalue weighted by atomic mass is 32.2. The van der Waals surface area contributed by atoms with Crippen molar-refractivity contribution in [1.29, 1.82) is 0 Å². The molecule has 2 heterocycles. The molecule has 2 aliphatic rings. The summed E-state index contributed by atoms with van der Waals surface area (Å²) in [4.78, 5) is 14.5. The Morgan fingerprint density at radius 3 is 2.87 bits per heavy atom. The maximum Gasteiger partial charge on any atom is 0.284 e. The van der Waals surface area contributed by atoms with E-state index in [1.807, 2.05) is 30.1 Å². The van der Waals surface area contributed by atoms with E-state index in [0.717, 1.165) is 49.1 Å². The standard InChI is InChI=1S/C23H27N3O4S/c1-26-12-4-2-3-8-22(26)25-31(28,29)20-7-5-6-19(16-20)24-23(27)15-17-9-10-21-18(14-17)11-13-30-21/h5-7,9-10,14,16H,2-4,8,11-13,15H2,1H3,(H,24,27)/b25-22-. The summed E-state index contributed by atoms with van der Waals surface area (Å²) in [6.07, 6.45) is 4.75. The van der Waals surface area contributed by atoms with Crippen molar-refractivity contribution in [3.05, 3.63) is 53.6 Å². The maximum atomic E-state index is 12.9. The average Bonchev–Trinajstić information content (AvgIpc) is 3.11. The topological polar surface area (TPSA) is 88.1 Å². The lowest BCUT2D eigenvalue weighted by Gasteiger charge is -2.17. The van der Waals surface area contributed by atoms with E-state index in [1.165, 1.54) is 12.1 Å². The minimum atomic E-state index is -3.85. The molecule has 1 fully saturated rings. The summed E-state index contributed by atoms with van der Waals surface area (Å²) >= 11 is 0. The van der Waals surface area contributed by atoms with Crippen LogP contribution in [0.2, 0.25) is 0 Å². The van der Waals surface area contributed by atoms with Gasteiger partial charge in [0.2, 0.25) is 5.91 Å². The van der Waals surface area contributed by atoms with E-state index >= 15 is 0 Å². The number of fused-ring (bicyclic) bond motifs is 1. The molecule has 1 amide bonds. The van der Waals surface area contributed by atoms with Crippen molar-refractivity contribution < 1.29 is 17.9 Å². The predicted molar refractivity (Wildman–Crippen MR) is 120 cm³/mol. The largest absolute Gasteiger partial charge is 0.493 e. The molecule has 0 aromatic heterocycles. The molecule has 1 saturated heterocycles. The Balaban J connectivity index is 1.46. The van der Waals surface area contributed by atoms with Gasteiger partial charge in [0.05, 0.1) is 17.9 Å². The van der Waals surface area contributed by atoms with E-state index in [-0.39, 0.29) is 17.2 Å². The van der Waals surface area contributed by atoms with Gasteiger partial charge >= 0.3 is 0 Å². The van der Waals surface area contributed by atoms with Crippen LogP contribution in [0.5, 0.6) is 5.75 Å². The number of benzene rings is 2. The van der Waals surface area contributed by atoms with Crippen LogP contribution in [0.25, 0.3) is 0 Å². The van der Waals surface area contributed by atoms with E-state index in [1.54, 1.807) is 12.1 Å². The SMILES string of the molecule is CN1CCCCC/C1=N/S(=O)(=O)c1cccc(NC(=O)Cc2ccc3c(c2)CCO3)c1. The molecule has 4 rings (SSSR count). The van der Waals surface area contributed by atoms with Crippen molar-refractivity contribution in [2.45, 2.75) is 43.4 Å². The fourth-order valence-corrected chi connectivity index (χ4v) is 5.05. The van der Waals surface area contributed by atoms with Gasteiger partial charge in [-0.3, -0.25) is 4.79 Å². The Morgan fingerprint density at radius 1 is 1.13 bits per heavy atom. The first-order valence-corrected chi connectivity index (χ1v) is 12.0. The second-order valence-corrected chi connectivity index (χ2v) is 9.61. The smallest absolute Gasteiger partial charge is 0.284 e. The first-order chi connectivity index (χ1) is 14.9. The summed E-state index contributed by atoms with van der Waals surface area (Å²) in [5.41, 5.74) is 2.44. The Hall–Kier alpha value is -2.87. The number of nitrogens with one attached hydrogen (secondary N) is 1. The number of likely N-dealkylation sites (tertiary alicyclic amines) is 1. The van der Waals surface area contributed by atoms with Gasteiger partial charge in [-0.05, 0) is 48.2 Å². The second-order valence-electron chi connectivity index (χ2n) is 8.01. The highest BCUT2D eigenvalue weighted by Crippen LogP contribution is 2.26. The Morgan fingerprint density at radius 2 is 2.00 bits per heavy atom. The second kappa shape index (κ2) is 9.09. The van der Waals surface area contributed by atoms with Gasteiger partial charge in [-0.15, -0.1) is 4.40 Å². The molecular weight excluding hydrogens is 414 g/mol. The van der Waals surface area contributed by atoms with Gasteiger partial charge in [0, 0.05) is 32.1 Å². The molecule has 0 radical (unpaired) electrons. The van der Waals surface area contributed by atoms with Crippen molar-refractivity contribution in [2.75, 3.05) is 25.5 Å². The molecule has 31 heavy (non-hydrogen) atoms. The zero-order valence-corrected chi connectivity index (χ0v) is 18.5. The van der Waals surface area contributed by atoms with Gasteiger partial charge in [-0.2, -0.15) is 8.42 Å². The highest BCUT2D eigenvalue weighted by Gasteiger charge is 2.19. The van der Waals surface area contributed by atoms with Crippen LogP contribution in [0.3, 0.4) is 0 Å². The van der Waals surface area contributed by atoms with Gasteiger partial charge in [0.25, 0.3) is 10.0 Å². The van der Waals surface area contributed by atoms with E-state index < -0.39 is 10.0 Å². The van der Waals surface area contributed by atoms with Crippen molar-refractivity contribution >= 4 is 27.5 Å². The molecule has 0 aliphatic carbocycles. The third kappa shape index (κ3) is 5.25. The van der Waals surface area contributed by atoms with Gasteiger partial charge in [-0.1, -0.05) is 24.6 Å². The van der Waals surface area contributed by atoms with E-state index in [4.69, 9.17) is 4.74 Å². The lowest BCUT2D eigenvalue weighted by molar-refractivity contribution is -0.115. The number of nitrogens with zero attached hydrogens (tertiary/aromatic N) is 2. The molecule has 2 aromatic rings. The molecule has 8 heteroatoms. The quantitative estimate of drug-likeness (QED) is 0.768. The van der Waals surface area contributed by atoms with Crippen molar-refractivity contribution in [3.63, 3.8) is 0 Å². The normalized spacial score (nSPS) is 17.7. The lowest BCUT2D eigenvalue weighted by atomic mass is 10.1. The average molecular weight is 442 g/mol. The molecule has 2 aromatic carbocycles. The molecule has 7 nitrogen and oxygen atoms in total. The number of carbonyl (C=O) groups is 1. The van der Waals surface area contributed by atoms with Crippen LogP contribution >= 0.6 is 0 Å². The molecule has 0 saturated carbocycles. The highest BCUT2D eigenvalue weighted by molar-refractivity contribution is 7.90. The van der Waals surface area contributed by atoms with E-state index in [0.29, 0.717) is 24.6 Å². The fourth-order valence-electron chi connectivity index (χ4n) is 3.91. The summed E-state index contributed by atoms with van der Waals surface area (Å²) in [7, 11) is -1.98. The van der Waals surface area contributed by atoms with Crippen LogP contribution in [-0.2, 0) is 27.7 Å². The Labute approximate surface area is 183 Å². The molecule has 2 aliphatic heterocycles. The Kier molecular flexibility index (Phi) is 6.27. The zero-order valence-electron chi connectivity index (χ0n) is 17.6. The van der Waals surface area contributed by atoms with E-state index in [2.05, 4.69) is 9.71 Å². The van der Waals surface area contributed by atoms with Crippen LogP contribution in [0.1, 0.15) is 36.8 Å². The first kappa shape index (κ1) is 21.4. The fraction of sp³-hybridized carbons (Fsp3) is 0.391. The number of carbonyl (C=O) groups excluding carboxylic acids is 1. The molecule has 1 N–H and O–H groups in total. The number of hydrogen-bond acceptors (Lipinski definition) is 4. The number of amides is 1. The maximum absolute atomic E-state index is 12.9. The van der Waals surface area contributed by atoms with E-state index in [9.17, 15) is 13.2 Å². The van der Waals surface area contributed by atoms with Crippen LogP contribution in [-0.4, -0.2) is 45.3 Å². The van der Waals surface area contributed by atoms with Crippen molar-refractivity contribution in [3.8, 4) is 5.75 Å². The summed E-state index contributed by atoms with van der Waals surface area (Å²) in [6.45, 7) is 1.48. The molecule has 0 spiro atoms. The van der Waals surface area contributed by atoms with Crippen molar-refractivity contribution in [2.24, 2.45) is 4.40 Å². The van der Waals surface area contributed by atoms with Crippen LogP contribution < -0.4 is 10.1 Å². The number of rotatable bonds is 5. The van der Waals surface area contributed by atoms with Crippen LogP contribution in [0.4, 0.5) is 5.69 Å². The van der Waals surface area contributed by atoms with Gasteiger partial charge in [0.1, 0.15) is 11.6 Å². The minimum absolute atomic E-state index is 0.0742. The monoisotopic (exact) mass is 441 g/mol. The van der Waals surface area contributed by atoms with Crippen LogP contribution in [0.15, 0.2) is 51.8 Å². The number of ether oxygens (including phenoxy) is 1. The number of hydrogen-bond donors (Lipinski definition) is 1. The summed E-state index contributed by atoms with van der Waals surface area (Å²) < 4.78 is 35.3. The van der Waals surface area contributed by atoms with Crippen LogP contribution in [0, 0.1) is 0 Å². The number of amidine groups is 1. The third-order valence-electron chi connectivity index (χ3n) is 5.59. The summed E-state index contributed by atoms with van der Waals surface area (Å²) in [5, 5.41) is 2.80. The Bertz CT molecular complexity index is 1110. The number of anilines is 1. The zero-order chi connectivity index (χ0) is 21.8. The molecule has 0 unspecified atom stereocenters. The minimum Gasteiger partial charge on any atom is -0.493 e. The van der Waals surface area contributed by atoms with Crippen molar-refractivity contribution in [1.82, 2.24) is 4.90 Å². The summed E-state index contributed by atoms with van der Waals surface area (Å²) in [5.74, 6) is 1.26. The van der Waals surface area contributed by atoms with Gasteiger partial charge in [-0.25, -0.2) is 0 Å². The molecule has 0 atom stereocenters. The molecule has 0 bridgehead atoms. The number of sulfonamides is 1. The van der Waals surface area contributed by atoms with Gasteiger partial charge in [0.15, 0.2) is 0 Å². The summed E-state index contributed by atoms with van der Waals surface area (Å²) in [6, 6.07) is 12.0. The molecular formula is C23H27N3O4S. The van der Waals surface area contributed by atoms with Gasteiger partial charge < -0.3 is 15.0 Å². The lowest BCUT2D eigenvalue weighted by Crippen LogP contribution is -2.26. The predicted octanol–water partition coefficient (Wildman–Crippen LogP) is 3.40.